The smallest absolute Gasteiger partial charge is 0.0462 e. The predicted molar refractivity (Wildman–Crippen MR) is 486 cm³/mol. The van der Waals surface area contributed by atoms with Crippen molar-refractivity contribution in [1.82, 2.24) is 0 Å². The number of hydrogen-bond donors (Lipinski definition) is 1. The summed E-state index contributed by atoms with van der Waals surface area (Å²) in [7, 11) is 0. The number of nitrogens with one attached hydrogen (secondary N) is 1. The van der Waals surface area contributed by atoms with Crippen molar-refractivity contribution in [3.05, 3.63) is 415 Å². The molecule has 8 bridgehead atoms. The minimum atomic E-state index is 0. The summed E-state index contributed by atoms with van der Waals surface area (Å²) in [4.78, 5) is 2.39. The maximum atomic E-state index is 6.20. The Balaban J connectivity index is 0.000000120. The first-order valence-electron chi connectivity index (χ1n) is 41.8. The van der Waals surface area contributed by atoms with Crippen LogP contribution in [0.5, 0.6) is 0 Å². The summed E-state index contributed by atoms with van der Waals surface area (Å²) >= 11 is 6.20. The summed E-state index contributed by atoms with van der Waals surface area (Å²) in [6, 6.07) is 138. The minimum Gasteiger partial charge on any atom is -0.356 e. The largest absolute Gasteiger partial charge is 0.356 e. The van der Waals surface area contributed by atoms with Gasteiger partial charge in [-0.2, -0.15) is 0 Å². The van der Waals surface area contributed by atoms with Crippen molar-refractivity contribution >= 4 is 40.0 Å². The molecule has 3 heteroatoms. The van der Waals surface area contributed by atoms with Crippen LogP contribution in [0.2, 0.25) is 5.02 Å². The second-order valence-corrected chi connectivity index (χ2v) is 34.2. The zero-order valence-corrected chi connectivity index (χ0v) is 65.6. The third kappa shape index (κ3) is 13.6. The first kappa shape index (κ1) is 73.4. The van der Waals surface area contributed by atoms with Crippen LogP contribution >= 0.6 is 11.6 Å². The van der Waals surface area contributed by atoms with E-state index in [9.17, 15) is 0 Å². The Morgan fingerprint density at radius 3 is 0.809 bits per heavy atom. The van der Waals surface area contributed by atoms with Gasteiger partial charge in [-0.15, -0.1) is 0 Å². The van der Waals surface area contributed by atoms with Crippen LogP contribution in [0.3, 0.4) is 0 Å². The summed E-state index contributed by atoms with van der Waals surface area (Å²) < 4.78 is 0. The highest BCUT2D eigenvalue weighted by Gasteiger charge is 2.63. The van der Waals surface area contributed by atoms with E-state index in [1.807, 2.05) is 42.5 Å². The van der Waals surface area contributed by atoms with Gasteiger partial charge in [0.15, 0.2) is 0 Å². The monoisotopic (exact) mass is 1510 g/mol. The molecule has 0 aliphatic heterocycles. The summed E-state index contributed by atoms with van der Waals surface area (Å²) in [6.45, 7) is 2.08. The molecule has 2 nitrogen and oxygen atoms in total. The van der Waals surface area contributed by atoms with Gasteiger partial charge in [-0.25, -0.2) is 0 Å². The average molecular weight is 1510 g/mol. The molecule has 0 aromatic heterocycles. The quantitative estimate of drug-likeness (QED) is 0.139. The van der Waals surface area contributed by atoms with Gasteiger partial charge in [-0.3, -0.25) is 0 Å². The van der Waals surface area contributed by atoms with Crippen molar-refractivity contribution in [1.29, 1.82) is 0 Å². The highest BCUT2D eigenvalue weighted by Crippen LogP contribution is 2.72. The third-order valence-corrected chi connectivity index (χ3v) is 27.7. The number of rotatable bonds is 11. The van der Waals surface area contributed by atoms with Crippen molar-refractivity contribution < 1.29 is 0 Å². The van der Waals surface area contributed by atoms with Crippen LogP contribution < -0.4 is 10.2 Å². The molecule has 10 aliphatic carbocycles. The normalized spacial score (nSPS) is 21.8. The van der Waals surface area contributed by atoms with Gasteiger partial charge in [-0.1, -0.05) is 334 Å². The Labute approximate surface area is 686 Å². The van der Waals surface area contributed by atoms with Crippen molar-refractivity contribution in [2.75, 3.05) is 10.2 Å². The van der Waals surface area contributed by atoms with Crippen LogP contribution in [0, 0.1) is 54.3 Å². The van der Waals surface area contributed by atoms with Crippen LogP contribution in [0.25, 0.3) is 89.0 Å². The van der Waals surface area contributed by atoms with Crippen molar-refractivity contribution in [3.8, 4) is 89.0 Å². The number of fused-ring (bicyclic) bond motifs is 6. The first-order chi connectivity index (χ1) is 56.3. The Bertz CT molecular complexity index is 5640. The number of hydrogen-bond acceptors (Lipinski definition) is 2. The van der Waals surface area contributed by atoms with E-state index in [1.54, 1.807) is 22.3 Å². The number of benzene rings is 15. The zero-order valence-electron chi connectivity index (χ0n) is 64.9. The van der Waals surface area contributed by atoms with Gasteiger partial charge in [-0.05, 0) is 303 Å². The van der Waals surface area contributed by atoms with Crippen LogP contribution in [0.4, 0.5) is 28.4 Å². The Kier molecular flexibility index (Phi) is 20.1. The molecule has 115 heavy (non-hydrogen) atoms. The van der Waals surface area contributed by atoms with E-state index < -0.39 is 0 Å². The van der Waals surface area contributed by atoms with Crippen molar-refractivity contribution in [2.45, 2.75) is 89.4 Å². The lowest BCUT2D eigenvalue weighted by molar-refractivity contribution is -0.0399. The lowest BCUT2D eigenvalue weighted by atomic mass is 9.43. The molecule has 25 rings (SSSR count). The van der Waals surface area contributed by atoms with Gasteiger partial charge in [0.05, 0.1) is 0 Å². The molecule has 0 heterocycles. The molecule has 8 fully saturated rings. The Morgan fingerprint density at radius 2 is 0.496 bits per heavy atom. The molecule has 1 N–H and O–H groups in total. The van der Waals surface area contributed by atoms with Crippen LogP contribution in [-0.2, 0) is 10.8 Å². The third-order valence-electron chi connectivity index (χ3n) is 27.4. The van der Waals surface area contributed by atoms with E-state index in [0.717, 1.165) is 80.8 Å². The second kappa shape index (κ2) is 31.5. The minimum absolute atomic E-state index is 0. The molecular formula is C112H99ClN2. The highest BCUT2D eigenvalue weighted by atomic mass is 35.5. The van der Waals surface area contributed by atoms with E-state index in [4.69, 9.17) is 11.6 Å². The van der Waals surface area contributed by atoms with Crippen molar-refractivity contribution in [2.24, 2.45) is 47.3 Å². The number of anilines is 5. The van der Waals surface area contributed by atoms with Gasteiger partial charge in [0.2, 0.25) is 0 Å². The van der Waals surface area contributed by atoms with Crippen molar-refractivity contribution in [3.63, 3.8) is 0 Å². The topological polar surface area (TPSA) is 15.3 Å². The molecule has 15 aromatic rings. The molecule has 8 saturated carbocycles. The number of nitrogens with zero attached hydrogens (tertiary/aromatic N) is 1. The first-order valence-corrected chi connectivity index (χ1v) is 42.2. The van der Waals surface area contributed by atoms with E-state index in [1.165, 1.54) is 159 Å². The fourth-order valence-electron chi connectivity index (χ4n) is 23.1. The SMILES string of the molecule is C.Cc1ccccc1.Clc1ccc(-c2cccc3c2-c2ccccc2C32C3CC4CC(C3)CC2C4)cc1.c1ccc(-c2ccc(N(c3ccc(-c4ccccc4)cc3)c3ccc(-c4cccc5c4-c4ccccc4C54C5CC6CC(C5)CC4C6)cc3)cc2)cc1.c1ccc(-c2ccc(Nc3ccc(-c4ccccc4)cc3)cc2)cc1. The molecule has 0 atom stereocenters. The average Bonchev–Trinajstić information content (AvgIpc) is 1.53. The predicted octanol–water partition coefficient (Wildman–Crippen LogP) is 31.0. The highest BCUT2D eigenvalue weighted by molar-refractivity contribution is 6.30. The van der Waals surface area contributed by atoms with Gasteiger partial charge in [0.1, 0.15) is 0 Å². The fourth-order valence-corrected chi connectivity index (χ4v) is 23.2. The van der Waals surface area contributed by atoms with Gasteiger partial charge < -0.3 is 10.2 Å². The zero-order chi connectivity index (χ0) is 76.1. The number of halogens is 1. The molecule has 0 radical (unpaired) electrons. The van der Waals surface area contributed by atoms with Gasteiger partial charge in [0.25, 0.3) is 0 Å². The maximum Gasteiger partial charge on any atom is 0.0462 e. The standard InChI is InChI=1S/C52H43N.C28H25Cl.C24H19N.C7H8.CH4/c1-3-10-37(11-4-1)39-18-24-44(25-19-39)53(45-26-20-40(21-27-45)38-12-5-2-6-13-38)46-28-22-41(23-29-46)47-15-9-17-50-51(47)48-14-7-8-16-49(48)52(50)42-31-35-30-36(33-42)34-43(52)32-35;29-22-10-8-19(9-11-22)23-5-3-7-26-27(23)24-4-1-2-6-25(24)28(26)20-13-17-12-18(15-20)16-21(28)14-17;1-3-7-19(8-4-1)21-11-15-23(16-12-21)25-24-17-13-22(14-18-24)20-9-5-2-6-10-20;1-7-5-3-2-4-6-7;/h1-29,35-36,42-43H,30-34H2;1-11,17-18,20-21H,12-16H2;1-18,25H;2-6H,1H3;1H4. The molecule has 0 unspecified atom stereocenters. The van der Waals surface area contributed by atoms with E-state index in [-0.39, 0.29) is 18.3 Å². The molecule has 10 aliphatic rings. The second-order valence-electron chi connectivity index (χ2n) is 33.8. The van der Waals surface area contributed by atoms with E-state index in [0.29, 0.717) is 0 Å². The Hall–Kier alpha value is -11.8. The van der Waals surface area contributed by atoms with Crippen LogP contribution in [0.15, 0.2) is 382 Å². The lowest BCUT2D eigenvalue weighted by Crippen LogP contribution is -2.55. The molecule has 0 saturated heterocycles. The van der Waals surface area contributed by atoms with Gasteiger partial charge >= 0.3 is 0 Å². The Morgan fingerprint density at radius 1 is 0.243 bits per heavy atom. The molecule has 564 valence electrons. The summed E-state index contributed by atoms with van der Waals surface area (Å²) in [6.07, 6.45) is 14.4. The molecule has 0 amide bonds. The maximum absolute atomic E-state index is 6.20. The van der Waals surface area contributed by atoms with E-state index >= 15 is 0 Å². The van der Waals surface area contributed by atoms with Crippen LogP contribution in [0.1, 0.15) is 99.5 Å². The summed E-state index contributed by atoms with van der Waals surface area (Å²) in [5.74, 6) is 7.05. The lowest BCUT2D eigenvalue weighted by Gasteiger charge is -2.61. The molecule has 2 spiro atoms. The fraction of sp³-hybridized carbons (Fsp3) is 0.196. The van der Waals surface area contributed by atoms with Gasteiger partial charge in [0, 0.05) is 44.3 Å². The number of aryl methyl sites for hydroxylation is 1. The van der Waals surface area contributed by atoms with E-state index in [2.05, 4.69) is 357 Å². The summed E-state index contributed by atoms with van der Waals surface area (Å²) in [5.41, 5.74) is 35.0. The van der Waals surface area contributed by atoms with Crippen LogP contribution in [-0.4, -0.2) is 0 Å². The molecule has 15 aromatic carbocycles. The molecular weight excluding hydrogens is 1410 g/mol. The summed E-state index contributed by atoms with van der Waals surface area (Å²) in [5, 5.41) is 4.27.